The number of carboxylic acids is 1. The number of anilines is 1. The Balaban J connectivity index is 3.01. The van der Waals surface area contributed by atoms with E-state index >= 15 is 0 Å². The molecule has 4 nitrogen and oxygen atoms in total. The molecule has 4 N–H and O–H groups in total. The normalized spacial score (nSPS) is 12.4. The van der Waals surface area contributed by atoms with Crippen molar-refractivity contribution in [3.8, 4) is 0 Å². The highest BCUT2D eigenvalue weighted by molar-refractivity contribution is 6.17. The molecule has 0 aliphatic carbocycles. The number of carboxylic acid groups (broad SMARTS) is 1. The molecule has 1 aromatic rings. The molecule has 0 aromatic heterocycles. The molecule has 1 rings (SSSR count). The fourth-order valence-corrected chi connectivity index (χ4v) is 1.63. The van der Waals surface area contributed by atoms with Crippen LogP contribution >= 0.6 is 11.6 Å². The van der Waals surface area contributed by atoms with Crippen molar-refractivity contribution in [1.82, 2.24) is 0 Å². The molecule has 0 amide bonds. The zero-order valence-electron chi connectivity index (χ0n) is 8.69. The molecule has 0 aliphatic heterocycles. The van der Waals surface area contributed by atoms with Gasteiger partial charge < -0.3 is 15.9 Å². The van der Waals surface area contributed by atoms with E-state index in [1.807, 2.05) is 0 Å². The SMILES string of the molecule is Nc1ccc(C(O)C(=O)O)c(CCCCl)c1. The number of alkyl halides is 1. The van der Waals surface area contributed by atoms with Crippen molar-refractivity contribution in [3.63, 3.8) is 0 Å². The van der Waals surface area contributed by atoms with Crippen LogP contribution in [-0.4, -0.2) is 22.1 Å². The lowest BCUT2D eigenvalue weighted by Crippen LogP contribution is -2.13. The van der Waals surface area contributed by atoms with Gasteiger partial charge in [-0.25, -0.2) is 4.79 Å². The average molecular weight is 244 g/mol. The Kier molecular flexibility index (Phi) is 4.58. The Morgan fingerprint density at radius 2 is 2.19 bits per heavy atom. The number of aliphatic hydroxyl groups is 1. The molecular weight excluding hydrogens is 230 g/mol. The highest BCUT2D eigenvalue weighted by Gasteiger charge is 2.19. The van der Waals surface area contributed by atoms with Crippen LogP contribution in [0.15, 0.2) is 18.2 Å². The van der Waals surface area contributed by atoms with Gasteiger partial charge in [0.05, 0.1) is 0 Å². The van der Waals surface area contributed by atoms with E-state index in [1.165, 1.54) is 6.07 Å². The summed E-state index contributed by atoms with van der Waals surface area (Å²) >= 11 is 5.58. The number of halogens is 1. The molecule has 0 fully saturated rings. The molecule has 0 radical (unpaired) electrons. The molecule has 0 saturated heterocycles. The van der Waals surface area contributed by atoms with E-state index in [1.54, 1.807) is 12.1 Å². The van der Waals surface area contributed by atoms with E-state index in [-0.39, 0.29) is 0 Å². The number of aliphatic carboxylic acids is 1. The Hall–Kier alpha value is -1.26. The van der Waals surface area contributed by atoms with E-state index in [0.717, 1.165) is 5.56 Å². The third-order valence-corrected chi connectivity index (χ3v) is 2.54. The van der Waals surface area contributed by atoms with Gasteiger partial charge in [-0.15, -0.1) is 11.6 Å². The van der Waals surface area contributed by atoms with E-state index in [2.05, 4.69) is 0 Å². The first-order valence-electron chi connectivity index (χ1n) is 4.91. The summed E-state index contributed by atoms with van der Waals surface area (Å²) in [7, 11) is 0. The maximum absolute atomic E-state index is 10.7. The summed E-state index contributed by atoms with van der Waals surface area (Å²) in [5.74, 6) is -0.783. The molecule has 0 heterocycles. The molecule has 16 heavy (non-hydrogen) atoms. The van der Waals surface area contributed by atoms with Crippen molar-refractivity contribution in [3.05, 3.63) is 29.3 Å². The maximum atomic E-state index is 10.7. The molecule has 1 unspecified atom stereocenters. The van der Waals surface area contributed by atoms with Crippen molar-refractivity contribution in [2.75, 3.05) is 11.6 Å². The Morgan fingerprint density at radius 1 is 1.50 bits per heavy atom. The Bertz CT molecular complexity index is 381. The monoisotopic (exact) mass is 243 g/mol. The highest BCUT2D eigenvalue weighted by Crippen LogP contribution is 2.22. The lowest BCUT2D eigenvalue weighted by Gasteiger charge is -2.12. The van der Waals surface area contributed by atoms with E-state index in [0.29, 0.717) is 30.0 Å². The number of hydrogen-bond donors (Lipinski definition) is 3. The molecular formula is C11H14ClNO3. The van der Waals surface area contributed by atoms with Crippen LogP contribution in [-0.2, 0) is 11.2 Å². The first kappa shape index (κ1) is 12.8. The number of benzene rings is 1. The molecule has 0 saturated carbocycles. The molecule has 0 bridgehead atoms. The molecule has 0 spiro atoms. The van der Waals surface area contributed by atoms with Gasteiger partial charge in [0.25, 0.3) is 0 Å². The Labute approximate surface area is 98.6 Å². The minimum Gasteiger partial charge on any atom is -0.479 e. The second-order valence-corrected chi connectivity index (χ2v) is 3.87. The van der Waals surface area contributed by atoms with E-state index < -0.39 is 12.1 Å². The molecule has 1 atom stereocenters. The van der Waals surface area contributed by atoms with Crippen molar-refractivity contribution in [2.45, 2.75) is 18.9 Å². The van der Waals surface area contributed by atoms with Crippen molar-refractivity contribution < 1.29 is 15.0 Å². The summed E-state index contributed by atoms with van der Waals surface area (Å²) < 4.78 is 0. The second-order valence-electron chi connectivity index (χ2n) is 3.49. The van der Waals surface area contributed by atoms with Gasteiger partial charge in [0.15, 0.2) is 6.10 Å². The number of aryl methyl sites for hydroxylation is 1. The van der Waals surface area contributed by atoms with Crippen LogP contribution < -0.4 is 5.73 Å². The molecule has 88 valence electrons. The summed E-state index contributed by atoms with van der Waals surface area (Å²) in [4.78, 5) is 10.7. The van der Waals surface area contributed by atoms with Gasteiger partial charge in [0, 0.05) is 11.6 Å². The van der Waals surface area contributed by atoms with Crippen molar-refractivity contribution in [2.24, 2.45) is 0 Å². The van der Waals surface area contributed by atoms with Gasteiger partial charge in [-0.2, -0.15) is 0 Å². The zero-order chi connectivity index (χ0) is 12.1. The number of carbonyl (C=O) groups is 1. The number of nitrogen functional groups attached to an aromatic ring is 1. The fourth-order valence-electron chi connectivity index (χ4n) is 1.50. The smallest absolute Gasteiger partial charge is 0.337 e. The maximum Gasteiger partial charge on any atom is 0.337 e. The fraction of sp³-hybridized carbons (Fsp3) is 0.364. The Morgan fingerprint density at radius 3 is 2.75 bits per heavy atom. The van der Waals surface area contributed by atoms with Crippen molar-refractivity contribution in [1.29, 1.82) is 0 Å². The number of rotatable bonds is 5. The largest absolute Gasteiger partial charge is 0.479 e. The number of hydrogen-bond acceptors (Lipinski definition) is 3. The van der Waals surface area contributed by atoms with Gasteiger partial charge in [-0.3, -0.25) is 0 Å². The van der Waals surface area contributed by atoms with Crippen LogP contribution in [0.1, 0.15) is 23.7 Å². The van der Waals surface area contributed by atoms with Crippen LogP contribution in [0.5, 0.6) is 0 Å². The number of aliphatic hydroxyl groups excluding tert-OH is 1. The van der Waals surface area contributed by atoms with Crippen LogP contribution in [0.3, 0.4) is 0 Å². The summed E-state index contributed by atoms with van der Waals surface area (Å²) in [5, 5.41) is 18.2. The lowest BCUT2D eigenvalue weighted by molar-refractivity contribution is -0.147. The van der Waals surface area contributed by atoms with Crippen molar-refractivity contribution >= 4 is 23.3 Å². The molecule has 5 heteroatoms. The third kappa shape index (κ3) is 3.12. The summed E-state index contributed by atoms with van der Waals surface area (Å²) in [6.45, 7) is 0. The minimum atomic E-state index is -1.51. The van der Waals surface area contributed by atoms with E-state index in [4.69, 9.17) is 22.4 Å². The minimum absolute atomic E-state index is 0.381. The average Bonchev–Trinajstić information content (AvgIpc) is 2.25. The first-order valence-corrected chi connectivity index (χ1v) is 5.45. The third-order valence-electron chi connectivity index (χ3n) is 2.28. The second kappa shape index (κ2) is 5.72. The quantitative estimate of drug-likeness (QED) is 0.541. The number of nitrogens with two attached hydrogens (primary N) is 1. The van der Waals surface area contributed by atoms with E-state index in [9.17, 15) is 9.90 Å². The standard InChI is InChI=1S/C11H14ClNO3/c12-5-1-2-7-6-8(13)3-4-9(7)10(14)11(15)16/h3-4,6,10,14H,1-2,5,13H2,(H,15,16). The topological polar surface area (TPSA) is 83.5 Å². The van der Waals surface area contributed by atoms with Gasteiger partial charge in [0.2, 0.25) is 0 Å². The summed E-state index contributed by atoms with van der Waals surface area (Å²) in [6, 6.07) is 4.79. The first-order chi connectivity index (χ1) is 7.56. The van der Waals surface area contributed by atoms with Crippen LogP contribution in [0, 0.1) is 0 Å². The van der Waals surface area contributed by atoms with Gasteiger partial charge in [-0.05, 0) is 36.1 Å². The molecule has 0 aliphatic rings. The highest BCUT2D eigenvalue weighted by atomic mass is 35.5. The van der Waals surface area contributed by atoms with Crippen LogP contribution in [0.25, 0.3) is 0 Å². The predicted octanol–water partition coefficient (Wildman–Crippen LogP) is 1.56. The molecule has 1 aromatic carbocycles. The van der Waals surface area contributed by atoms with Crippen LogP contribution in [0.4, 0.5) is 5.69 Å². The zero-order valence-corrected chi connectivity index (χ0v) is 9.44. The summed E-state index contributed by atoms with van der Waals surface area (Å²) in [5.41, 5.74) is 7.27. The predicted molar refractivity (Wildman–Crippen MR) is 62.5 cm³/mol. The van der Waals surface area contributed by atoms with Crippen LogP contribution in [0.2, 0.25) is 0 Å². The van der Waals surface area contributed by atoms with Gasteiger partial charge in [-0.1, -0.05) is 6.07 Å². The van der Waals surface area contributed by atoms with Gasteiger partial charge in [0.1, 0.15) is 0 Å². The van der Waals surface area contributed by atoms with Gasteiger partial charge >= 0.3 is 5.97 Å². The lowest BCUT2D eigenvalue weighted by atomic mass is 9.98. The summed E-state index contributed by atoms with van der Waals surface area (Å²) in [6.07, 6.45) is -0.190.